The molecule has 0 aliphatic carbocycles. The average Bonchev–Trinajstić information content (AvgIpc) is 3.36. The largest absolute Gasteiger partial charge is 0.492 e. The van der Waals surface area contributed by atoms with E-state index in [2.05, 4.69) is 95.4 Å². The number of hydrogen-bond donors (Lipinski definition) is 0. The van der Waals surface area contributed by atoms with Gasteiger partial charge in [0.05, 0.1) is 31.5 Å². The molecular formula is C61H74I2O6. The highest BCUT2D eigenvalue weighted by molar-refractivity contribution is 14.1. The van der Waals surface area contributed by atoms with Crippen molar-refractivity contribution in [2.45, 2.75) is 149 Å². The van der Waals surface area contributed by atoms with Crippen LogP contribution in [0.15, 0.2) is 103 Å². The van der Waals surface area contributed by atoms with Crippen molar-refractivity contribution >= 4 is 81.4 Å². The van der Waals surface area contributed by atoms with Crippen molar-refractivity contribution in [2.24, 2.45) is 0 Å². The molecule has 6 nitrogen and oxygen atoms in total. The topological polar surface area (TPSA) is 71.1 Å². The minimum Gasteiger partial charge on any atom is -0.492 e. The second kappa shape index (κ2) is 32.5. The standard InChI is InChI=1S/C61H74I2O6/c1-4-6-8-10-12-14-16-18-20-22-43-66-58-41-35-50(45-54(58)62)29-27-48-31-37-52(38-32-48)60(64)68-56-25-24-26-57(47(56)3)69-61(65)53-39-33-49(34-40-53)28-30-51-36-42-59(55(63)46-51)67-44-23-21-19-17-15-13-11-9-7-5-2/h24-42,45-46H,4-23,43-44H2,1-3H3/b29-27+,30-28+. The Balaban J connectivity index is 1.02. The highest BCUT2D eigenvalue weighted by Gasteiger charge is 2.16. The zero-order chi connectivity index (χ0) is 48.9. The maximum absolute atomic E-state index is 13.2. The number of hydrogen-bond acceptors (Lipinski definition) is 6. The highest BCUT2D eigenvalue weighted by atomic mass is 127. The van der Waals surface area contributed by atoms with Crippen molar-refractivity contribution in [2.75, 3.05) is 13.2 Å². The van der Waals surface area contributed by atoms with Gasteiger partial charge in [0.2, 0.25) is 0 Å². The summed E-state index contributed by atoms with van der Waals surface area (Å²) in [5, 5.41) is 0. The van der Waals surface area contributed by atoms with Gasteiger partial charge in [-0.3, -0.25) is 0 Å². The molecule has 5 rings (SSSR count). The Morgan fingerprint density at radius 1 is 0.406 bits per heavy atom. The molecular weight excluding hydrogens is 1080 g/mol. The number of carbonyl (C=O) groups excluding carboxylic acids is 2. The van der Waals surface area contributed by atoms with Crippen LogP contribution in [0.3, 0.4) is 0 Å². The molecule has 0 saturated heterocycles. The van der Waals surface area contributed by atoms with Crippen molar-refractivity contribution in [3.63, 3.8) is 0 Å². The Bertz CT molecular complexity index is 2190. The van der Waals surface area contributed by atoms with Gasteiger partial charge in [-0.05, 0) is 148 Å². The fourth-order valence-electron chi connectivity index (χ4n) is 8.00. The van der Waals surface area contributed by atoms with Crippen LogP contribution in [-0.2, 0) is 0 Å². The fraction of sp³-hybridized carbons (Fsp3) is 0.410. The Hall–Kier alpha value is -4.42. The van der Waals surface area contributed by atoms with E-state index >= 15 is 0 Å². The van der Waals surface area contributed by atoms with Crippen LogP contribution in [0.25, 0.3) is 24.3 Å². The molecule has 0 saturated carbocycles. The fourth-order valence-corrected chi connectivity index (χ4v) is 9.39. The molecule has 0 N–H and O–H groups in total. The lowest BCUT2D eigenvalue weighted by molar-refractivity contribution is 0.0730. The Morgan fingerprint density at radius 3 is 1.07 bits per heavy atom. The molecule has 0 bridgehead atoms. The molecule has 0 fully saturated rings. The highest BCUT2D eigenvalue weighted by Crippen LogP contribution is 2.30. The first-order valence-corrected chi connectivity index (χ1v) is 27.8. The molecule has 368 valence electrons. The van der Waals surface area contributed by atoms with Crippen LogP contribution in [0.5, 0.6) is 23.0 Å². The summed E-state index contributed by atoms with van der Waals surface area (Å²) in [5.41, 5.74) is 5.43. The molecule has 0 amide bonds. The predicted molar refractivity (Wildman–Crippen MR) is 305 cm³/mol. The molecule has 0 spiro atoms. The molecule has 0 aliphatic rings. The van der Waals surface area contributed by atoms with E-state index in [9.17, 15) is 9.59 Å². The SMILES string of the molecule is CCCCCCCCCCCCOc1ccc(/C=C/c2ccc(C(=O)Oc3cccc(OC(=O)c4ccc(/C=C/c5ccc(OCCCCCCCCCCCC)c(I)c5)cc4)c3C)cc2)cc1I. The summed E-state index contributed by atoms with van der Waals surface area (Å²) in [4.78, 5) is 26.4. The first-order chi connectivity index (χ1) is 33.7. The van der Waals surface area contributed by atoms with Crippen LogP contribution in [0, 0.1) is 14.1 Å². The third-order valence-electron chi connectivity index (χ3n) is 12.3. The third-order valence-corrected chi connectivity index (χ3v) is 14.0. The lowest BCUT2D eigenvalue weighted by Crippen LogP contribution is -2.12. The lowest BCUT2D eigenvalue weighted by Gasteiger charge is -2.12. The van der Waals surface area contributed by atoms with Crippen molar-refractivity contribution in [3.8, 4) is 23.0 Å². The maximum atomic E-state index is 13.2. The van der Waals surface area contributed by atoms with Crippen molar-refractivity contribution in [1.29, 1.82) is 0 Å². The van der Waals surface area contributed by atoms with Crippen LogP contribution in [0.1, 0.15) is 191 Å². The number of ether oxygens (including phenoxy) is 4. The average molecular weight is 1160 g/mol. The van der Waals surface area contributed by atoms with Gasteiger partial charge in [0, 0.05) is 5.56 Å². The molecule has 0 radical (unpaired) electrons. The van der Waals surface area contributed by atoms with Crippen molar-refractivity contribution < 1.29 is 28.5 Å². The molecule has 8 heteroatoms. The van der Waals surface area contributed by atoms with Crippen LogP contribution in [0.2, 0.25) is 0 Å². The normalized spacial score (nSPS) is 11.4. The van der Waals surface area contributed by atoms with Gasteiger partial charge in [-0.1, -0.05) is 196 Å². The quantitative estimate of drug-likeness (QED) is 0.0140. The second-order valence-corrected chi connectivity index (χ2v) is 20.3. The summed E-state index contributed by atoms with van der Waals surface area (Å²) < 4.78 is 25.9. The second-order valence-electron chi connectivity index (χ2n) is 18.0. The van der Waals surface area contributed by atoms with E-state index in [0.29, 0.717) is 28.2 Å². The zero-order valence-corrected chi connectivity index (χ0v) is 45.7. The molecule has 0 aliphatic heterocycles. The van der Waals surface area contributed by atoms with Gasteiger partial charge < -0.3 is 18.9 Å². The van der Waals surface area contributed by atoms with E-state index in [4.69, 9.17) is 18.9 Å². The number of benzene rings is 5. The molecule has 0 heterocycles. The molecule has 0 unspecified atom stereocenters. The Morgan fingerprint density at radius 2 is 0.725 bits per heavy atom. The minimum absolute atomic E-state index is 0.323. The molecule has 5 aromatic rings. The summed E-state index contributed by atoms with van der Waals surface area (Å²) in [6, 6.07) is 32.1. The maximum Gasteiger partial charge on any atom is 0.343 e. The predicted octanol–water partition coefficient (Wildman–Crippen LogP) is 18.6. The van der Waals surface area contributed by atoms with Gasteiger partial charge in [0.15, 0.2) is 0 Å². The van der Waals surface area contributed by atoms with Gasteiger partial charge in [0.25, 0.3) is 0 Å². The zero-order valence-electron chi connectivity index (χ0n) is 41.4. The van der Waals surface area contributed by atoms with Gasteiger partial charge in [-0.15, -0.1) is 0 Å². The number of carbonyl (C=O) groups is 2. The number of unbranched alkanes of at least 4 members (excludes halogenated alkanes) is 18. The van der Waals surface area contributed by atoms with Crippen molar-refractivity contribution in [1.82, 2.24) is 0 Å². The summed E-state index contributed by atoms with van der Waals surface area (Å²) in [6.45, 7) is 7.79. The van der Waals surface area contributed by atoms with Gasteiger partial charge >= 0.3 is 11.9 Å². The van der Waals surface area contributed by atoms with E-state index in [0.717, 1.165) is 66.9 Å². The lowest BCUT2D eigenvalue weighted by atomic mass is 10.1. The van der Waals surface area contributed by atoms with Crippen LogP contribution < -0.4 is 18.9 Å². The Labute approximate surface area is 441 Å². The van der Waals surface area contributed by atoms with E-state index in [-0.39, 0.29) is 0 Å². The van der Waals surface area contributed by atoms with Crippen LogP contribution in [-0.4, -0.2) is 25.2 Å². The van der Waals surface area contributed by atoms with E-state index in [1.165, 1.54) is 116 Å². The number of halogens is 2. The number of esters is 2. The van der Waals surface area contributed by atoms with Gasteiger partial charge in [-0.2, -0.15) is 0 Å². The molecule has 69 heavy (non-hydrogen) atoms. The minimum atomic E-state index is -0.498. The van der Waals surface area contributed by atoms with E-state index in [1.54, 1.807) is 49.4 Å². The van der Waals surface area contributed by atoms with Gasteiger partial charge in [0.1, 0.15) is 23.0 Å². The summed E-state index contributed by atoms with van der Waals surface area (Å²) in [5.74, 6) is 1.50. The first-order valence-electron chi connectivity index (χ1n) is 25.7. The number of rotatable bonds is 32. The van der Waals surface area contributed by atoms with E-state index in [1.807, 2.05) is 48.6 Å². The summed E-state index contributed by atoms with van der Waals surface area (Å²) in [6.07, 6.45) is 34.3. The summed E-state index contributed by atoms with van der Waals surface area (Å²) >= 11 is 4.68. The molecule has 0 aromatic heterocycles. The first kappa shape index (κ1) is 55.5. The molecule has 5 aromatic carbocycles. The Kier molecular flexibility index (Phi) is 26.1. The van der Waals surface area contributed by atoms with Crippen LogP contribution >= 0.6 is 45.2 Å². The third kappa shape index (κ3) is 20.8. The smallest absolute Gasteiger partial charge is 0.343 e. The van der Waals surface area contributed by atoms with E-state index < -0.39 is 11.9 Å². The van der Waals surface area contributed by atoms with Crippen molar-refractivity contribution in [3.05, 3.63) is 149 Å². The molecule has 0 atom stereocenters. The van der Waals surface area contributed by atoms with Gasteiger partial charge in [-0.25, -0.2) is 9.59 Å². The monoisotopic (exact) mass is 1160 g/mol. The van der Waals surface area contributed by atoms with Crippen LogP contribution in [0.4, 0.5) is 0 Å². The summed E-state index contributed by atoms with van der Waals surface area (Å²) in [7, 11) is 0.